The quantitative estimate of drug-likeness (QED) is 0.319. The van der Waals surface area contributed by atoms with Crippen molar-refractivity contribution in [1.29, 1.82) is 0 Å². The van der Waals surface area contributed by atoms with E-state index >= 15 is 0 Å². The highest BCUT2D eigenvalue weighted by molar-refractivity contribution is 6.04. The highest BCUT2D eigenvalue weighted by Gasteiger charge is 2.28. The monoisotopic (exact) mass is 316 g/mol. The summed E-state index contributed by atoms with van der Waals surface area (Å²) in [5.41, 5.74) is 1.50. The van der Waals surface area contributed by atoms with Gasteiger partial charge in [0.05, 0.1) is 0 Å². The summed E-state index contributed by atoms with van der Waals surface area (Å²) in [6, 6.07) is 6.98. The molecule has 0 aromatic heterocycles. The summed E-state index contributed by atoms with van der Waals surface area (Å²) in [7, 11) is 0. The second-order valence-electron chi connectivity index (χ2n) is 4.96. The molecular formula is C18H20O5. The molecule has 0 aliphatic heterocycles. The number of ether oxygens (including phenoxy) is 2. The van der Waals surface area contributed by atoms with Crippen LogP contribution >= 0.6 is 0 Å². The molecule has 0 heterocycles. The maximum Gasteiger partial charge on any atom is 0.333 e. The average Bonchev–Trinajstić information content (AvgIpc) is 2.51. The molecule has 0 spiro atoms. The van der Waals surface area contributed by atoms with E-state index in [0.717, 1.165) is 0 Å². The fraction of sp³-hybridized carbons (Fsp3) is 0.278. The van der Waals surface area contributed by atoms with Crippen LogP contribution in [0.5, 0.6) is 0 Å². The van der Waals surface area contributed by atoms with Crippen LogP contribution < -0.4 is 0 Å². The molecule has 5 nitrogen and oxygen atoms in total. The van der Waals surface area contributed by atoms with Gasteiger partial charge >= 0.3 is 11.9 Å². The van der Waals surface area contributed by atoms with Crippen molar-refractivity contribution >= 4 is 23.8 Å². The molecule has 0 bridgehead atoms. The Labute approximate surface area is 135 Å². The molecule has 0 radical (unpaired) electrons. The lowest BCUT2D eigenvalue weighted by molar-refractivity contribution is -0.153. The predicted octanol–water partition coefficient (Wildman–Crippen LogP) is 2.66. The van der Waals surface area contributed by atoms with Gasteiger partial charge in [-0.3, -0.25) is 9.59 Å². The zero-order valence-electron chi connectivity index (χ0n) is 13.3. The van der Waals surface area contributed by atoms with Crippen molar-refractivity contribution in [1.82, 2.24) is 0 Å². The lowest BCUT2D eigenvalue weighted by Crippen LogP contribution is -2.25. The van der Waals surface area contributed by atoms with E-state index in [1.54, 1.807) is 30.3 Å². The molecule has 0 saturated heterocycles. The Morgan fingerprint density at radius 3 is 2.30 bits per heavy atom. The molecule has 0 saturated carbocycles. The van der Waals surface area contributed by atoms with Crippen LogP contribution in [0.25, 0.3) is 6.08 Å². The Morgan fingerprint density at radius 1 is 1.13 bits per heavy atom. The summed E-state index contributed by atoms with van der Waals surface area (Å²) < 4.78 is 9.88. The SMILES string of the molecule is C=Cc1ccccc1C(C(C)=O)C(=O)OCCOC(=O)C(=C)C. The second kappa shape index (κ2) is 8.68. The summed E-state index contributed by atoms with van der Waals surface area (Å²) in [6.45, 7) is 9.74. The van der Waals surface area contributed by atoms with Crippen LogP contribution in [0.1, 0.15) is 30.9 Å². The third-order valence-corrected chi connectivity index (χ3v) is 3.08. The molecule has 122 valence electrons. The minimum absolute atomic E-state index is 0.0921. The van der Waals surface area contributed by atoms with Crippen molar-refractivity contribution in [3.8, 4) is 0 Å². The van der Waals surface area contributed by atoms with E-state index < -0.39 is 17.9 Å². The van der Waals surface area contributed by atoms with Crippen molar-refractivity contribution in [2.75, 3.05) is 13.2 Å². The molecular weight excluding hydrogens is 296 g/mol. The van der Waals surface area contributed by atoms with E-state index in [0.29, 0.717) is 11.1 Å². The van der Waals surface area contributed by atoms with Gasteiger partial charge in [-0.15, -0.1) is 0 Å². The van der Waals surface area contributed by atoms with Crippen molar-refractivity contribution < 1.29 is 23.9 Å². The molecule has 5 heteroatoms. The molecule has 0 fully saturated rings. The lowest BCUT2D eigenvalue weighted by atomic mass is 9.91. The van der Waals surface area contributed by atoms with E-state index in [1.807, 2.05) is 0 Å². The van der Waals surface area contributed by atoms with Crippen LogP contribution in [-0.4, -0.2) is 30.9 Å². The van der Waals surface area contributed by atoms with Crippen LogP contribution in [0.15, 0.2) is 43.0 Å². The second-order valence-corrected chi connectivity index (χ2v) is 4.96. The molecule has 1 unspecified atom stereocenters. The van der Waals surface area contributed by atoms with Crippen molar-refractivity contribution in [3.63, 3.8) is 0 Å². The van der Waals surface area contributed by atoms with Crippen LogP contribution in [0.3, 0.4) is 0 Å². The molecule has 0 N–H and O–H groups in total. The standard InChI is InChI=1S/C18H20O5/c1-5-14-8-6-7-9-15(14)16(13(4)19)18(21)23-11-10-22-17(20)12(2)3/h5-9,16H,1-2,10-11H2,3-4H3. The lowest BCUT2D eigenvalue weighted by Gasteiger charge is -2.16. The van der Waals surface area contributed by atoms with Gasteiger partial charge in [-0.25, -0.2) is 4.79 Å². The normalized spacial score (nSPS) is 11.2. The maximum atomic E-state index is 12.2. The summed E-state index contributed by atoms with van der Waals surface area (Å²) in [5, 5.41) is 0. The highest BCUT2D eigenvalue weighted by Crippen LogP contribution is 2.23. The fourth-order valence-corrected chi connectivity index (χ4v) is 1.95. The Hall–Kier alpha value is -2.69. The van der Waals surface area contributed by atoms with Gasteiger partial charge in [0, 0.05) is 5.57 Å². The molecule has 1 aromatic carbocycles. The number of rotatable bonds is 8. The Balaban J connectivity index is 2.73. The summed E-state index contributed by atoms with van der Waals surface area (Å²) in [6.07, 6.45) is 1.58. The molecule has 0 aliphatic rings. The highest BCUT2D eigenvalue weighted by atomic mass is 16.6. The first-order valence-corrected chi connectivity index (χ1v) is 7.09. The Bertz CT molecular complexity index is 630. The molecule has 1 rings (SSSR count). The van der Waals surface area contributed by atoms with Gasteiger partial charge in [-0.05, 0) is 25.0 Å². The Morgan fingerprint density at radius 2 is 1.74 bits per heavy atom. The third kappa shape index (κ3) is 5.21. The van der Waals surface area contributed by atoms with Gasteiger partial charge in [0.2, 0.25) is 0 Å². The first-order chi connectivity index (χ1) is 10.9. The van der Waals surface area contributed by atoms with E-state index in [-0.39, 0.29) is 24.6 Å². The molecule has 1 aromatic rings. The fourth-order valence-electron chi connectivity index (χ4n) is 1.95. The number of esters is 2. The first-order valence-electron chi connectivity index (χ1n) is 7.09. The zero-order valence-corrected chi connectivity index (χ0v) is 13.3. The van der Waals surface area contributed by atoms with Gasteiger partial charge in [0.1, 0.15) is 24.9 Å². The topological polar surface area (TPSA) is 69.7 Å². The molecule has 0 aliphatic carbocycles. The van der Waals surface area contributed by atoms with Gasteiger partial charge in [-0.1, -0.05) is 43.5 Å². The number of carbonyl (C=O) groups excluding carboxylic acids is 3. The minimum Gasteiger partial charge on any atom is -0.461 e. The molecule has 1 atom stereocenters. The number of hydrogen-bond acceptors (Lipinski definition) is 5. The van der Waals surface area contributed by atoms with Gasteiger partial charge in [-0.2, -0.15) is 0 Å². The summed E-state index contributed by atoms with van der Waals surface area (Å²) in [4.78, 5) is 35.3. The van der Waals surface area contributed by atoms with Crippen molar-refractivity contribution in [2.45, 2.75) is 19.8 Å². The van der Waals surface area contributed by atoms with Gasteiger partial charge in [0.25, 0.3) is 0 Å². The van der Waals surface area contributed by atoms with Crippen molar-refractivity contribution in [2.24, 2.45) is 0 Å². The Kier molecular flexibility index (Phi) is 6.93. The largest absolute Gasteiger partial charge is 0.461 e. The number of hydrogen-bond donors (Lipinski definition) is 0. The van der Waals surface area contributed by atoms with Crippen LogP contribution in [0, 0.1) is 0 Å². The third-order valence-electron chi connectivity index (χ3n) is 3.08. The summed E-state index contributed by atoms with van der Waals surface area (Å²) >= 11 is 0. The smallest absolute Gasteiger partial charge is 0.333 e. The van der Waals surface area contributed by atoms with Crippen molar-refractivity contribution in [3.05, 3.63) is 54.1 Å². The predicted molar refractivity (Wildman–Crippen MR) is 86.7 cm³/mol. The zero-order chi connectivity index (χ0) is 17.4. The number of ketones is 1. The number of Topliss-reactive ketones (excluding diaryl/α,β-unsaturated/α-hetero) is 1. The van der Waals surface area contributed by atoms with E-state index in [1.165, 1.54) is 13.8 Å². The number of carbonyl (C=O) groups is 3. The maximum absolute atomic E-state index is 12.2. The molecule has 0 amide bonds. The van der Waals surface area contributed by atoms with E-state index in [4.69, 9.17) is 9.47 Å². The van der Waals surface area contributed by atoms with Crippen LogP contribution in [0.4, 0.5) is 0 Å². The molecule has 23 heavy (non-hydrogen) atoms. The van der Waals surface area contributed by atoms with Crippen LogP contribution in [0.2, 0.25) is 0 Å². The van der Waals surface area contributed by atoms with Crippen LogP contribution in [-0.2, 0) is 23.9 Å². The van der Waals surface area contributed by atoms with Gasteiger partial charge in [0.15, 0.2) is 0 Å². The average molecular weight is 316 g/mol. The summed E-state index contributed by atoms with van der Waals surface area (Å²) in [5.74, 6) is -2.59. The van der Waals surface area contributed by atoms with Gasteiger partial charge < -0.3 is 9.47 Å². The van der Waals surface area contributed by atoms with E-state index in [9.17, 15) is 14.4 Å². The number of benzene rings is 1. The van der Waals surface area contributed by atoms with E-state index in [2.05, 4.69) is 13.2 Å². The first kappa shape index (κ1) is 18.4. The minimum atomic E-state index is -1.03.